The maximum atomic E-state index is 11.8. The largest absolute Gasteiger partial charge is 0.384 e. The van der Waals surface area contributed by atoms with Gasteiger partial charge in [0.05, 0.1) is 11.9 Å². The van der Waals surface area contributed by atoms with Gasteiger partial charge in [0, 0.05) is 13.1 Å². The van der Waals surface area contributed by atoms with Crippen LogP contribution in [0.2, 0.25) is 0 Å². The summed E-state index contributed by atoms with van der Waals surface area (Å²) in [5.74, 6) is 0.526. The first kappa shape index (κ1) is 10.7. The van der Waals surface area contributed by atoms with Gasteiger partial charge in [0.25, 0.3) is 0 Å². The molecule has 3 N–H and O–H groups in total. The fourth-order valence-corrected chi connectivity index (χ4v) is 1.91. The van der Waals surface area contributed by atoms with Gasteiger partial charge in [-0.05, 0) is 26.0 Å². The Balaban J connectivity index is 2.32. The Morgan fingerprint density at radius 3 is 2.88 bits per heavy atom. The lowest BCUT2D eigenvalue weighted by Crippen LogP contribution is -2.62. The van der Waals surface area contributed by atoms with Crippen LogP contribution in [0.4, 0.5) is 11.5 Å². The molecule has 0 bridgehead atoms. The second-order valence-electron chi connectivity index (χ2n) is 4.41. The topological polar surface area (TPSA) is 71.2 Å². The van der Waals surface area contributed by atoms with Gasteiger partial charge < -0.3 is 16.0 Å². The number of nitrogens with two attached hydrogens (primary N) is 1. The Kier molecular flexibility index (Phi) is 2.46. The molecule has 0 radical (unpaired) electrons. The first-order chi connectivity index (χ1) is 7.51. The van der Waals surface area contributed by atoms with Gasteiger partial charge in [-0.25, -0.2) is 4.98 Å². The van der Waals surface area contributed by atoms with Crippen molar-refractivity contribution in [3.8, 4) is 0 Å². The first-order valence-electron chi connectivity index (χ1n) is 5.29. The summed E-state index contributed by atoms with van der Waals surface area (Å²) in [6.07, 6.45) is 1.70. The van der Waals surface area contributed by atoms with Crippen LogP contribution in [-0.2, 0) is 4.79 Å². The van der Waals surface area contributed by atoms with E-state index in [4.69, 9.17) is 5.73 Å². The molecule has 0 spiro atoms. The van der Waals surface area contributed by atoms with Gasteiger partial charge in [0.15, 0.2) is 0 Å². The van der Waals surface area contributed by atoms with Crippen LogP contribution in [0.25, 0.3) is 0 Å². The normalized spacial score (nSPS) is 19.4. The molecule has 0 saturated carbocycles. The summed E-state index contributed by atoms with van der Waals surface area (Å²) >= 11 is 0. The number of amides is 1. The number of nitrogens with zero attached hydrogens (tertiary/aromatic N) is 2. The summed E-state index contributed by atoms with van der Waals surface area (Å²) in [4.78, 5) is 17.9. The maximum Gasteiger partial charge on any atom is 0.245 e. The lowest BCUT2D eigenvalue weighted by atomic mass is 9.98. The van der Waals surface area contributed by atoms with Crippen molar-refractivity contribution in [1.82, 2.24) is 10.3 Å². The van der Waals surface area contributed by atoms with Crippen LogP contribution in [0.15, 0.2) is 18.3 Å². The zero-order valence-corrected chi connectivity index (χ0v) is 9.53. The lowest BCUT2D eigenvalue weighted by molar-refractivity contribution is -0.126. The molecule has 0 atom stereocenters. The van der Waals surface area contributed by atoms with Crippen LogP contribution >= 0.6 is 0 Å². The third-order valence-electron chi connectivity index (χ3n) is 2.93. The average molecular weight is 220 g/mol. The molecule has 16 heavy (non-hydrogen) atoms. The van der Waals surface area contributed by atoms with E-state index in [0.717, 1.165) is 12.2 Å². The van der Waals surface area contributed by atoms with E-state index in [-0.39, 0.29) is 5.91 Å². The molecule has 1 saturated heterocycles. The fraction of sp³-hybridized carbons (Fsp3) is 0.455. The van der Waals surface area contributed by atoms with Crippen molar-refractivity contribution in [2.45, 2.75) is 19.4 Å². The quantitative estimate of drug-likeness (QED) is 0.717. The number of anilines is 2. The molecule has 1 amide bonds. The van der Waals surface area contributed by atoms with Crippen LogP contribution in [0.5, 0.6) is 0 Å². The van der Waals surface area contributed by atoms with E-state index in [1.54, 1.807) is 12.3 Å². The summed E-state index contributed by atoms with van der Waals surface area (Å²) in [6.45, 7) is 5.24. The molecular formula is C11H16N4O. The molecule has 0 unspecified atom stereocenters. The van der Waals surface area contributed by atoms with E-state index in [1.807, 2.05) is 24.8 Å². The van der Waals surface area contributed by atoms with Gasteiger partial charge in [-0.3, -0.25) is 4.79 Å². The summed E-state index contributed by atoms with van der Waals surface area (Å²) in [5, 5.41) is 2.86. The fourth-order valence-electron chi connectivity index (χ4n) is 1.91. The predicted molar refractivity (Wildman–Crippen MR) is 63.1 cm³/mol. The van der Waals surface area contributed by atoms with E-state index in [0.29, 0.717) is 12.4 Å². The number of carbonyl (C=O) groups excluding carboxylic acids is 1. The number of piperazine rings is 1. The molecule has 1 aliphatic rings. The Bertz CT molecular complexity index is 399. The molecule has 2 heterocycles. The van der Waals surface area contributed by atoms with Crippen molar-refractivity contribution in [3.63, 3.8) is 0 Å². The second-order valence-corrected chi connectivity index (χ2v) is 4.41. The van der Waals surface area contributed by atoms with E-state index in [9.17, 15) is 4.79 Å². The van der Waals surface area contributed by atoms with Gasteiger partial charge >= 0.3 is 0 Å². The van der Waals surface area contributed by atoms with Crippen molar-refractivity contribution in [1.29, 1.82) is 0 Å². The molecule has 86 valence electrons. The Hall–Kier alpha value is -1.78. The van der Waals surface area contributed by atoms with Crippen molar-refractivity contribution in [2.75, 3.05) is 23.7 Å². The zero-order valence-electron chi connectivity index (χ0n) is 9.53. The first-order valence-corrected chi connectivity index (χ1v) is 5.29. The van der Waals surface area contributed by atoms with Crippen molar-refractivity contribution < 1.29 is 4.79 Å². The van der Waals surface area contributed by atoms with E-state index >= 15 is 0 Å². The highest BCUT2D eigenvalue weighted by atomic mass is 16.2. The van der Waals surface area contributed by atoms with Gasteiger partial charge in [-0.15, -0.1) is 0 Å². The van der Waals surface area contributed by atoms with E-state index in [1.165, 1.54) is 0 Å². The number of rotatable bonds is 1. The highest BCUT2D eigenvalue weighted by molar-refractivity contribution is 5.90. The number of nitrogen functional groups attached to an aromatic ring is 1. The molecule has 2 rings (SSSR count). The Labute approximate surface area is 94.6 Å². The van der Waals surface area contributed by atoms with Gasteiger partial charge in [0.2, 0.25) is 5.91 Å². The Morgan fingerprint density at radius 1 is 1.50 bits per heavy atom. The summed E-state index contributed by atoms with van der Waals surface area (Å²) in [5.41, 5.74) is 5.92. The van der Waals surface area contributed by atoms with Gasteiger partial charge in [-0.2, -0.15) is 0 Å². The molecule has 5 heteroatoms. The third kappa shape index (κ3) is 1.68. The number of hydrogen-bond acceptors (Lipinski definition) is 4. The maximum absolute atomic E-state index is 11.8. The second kappa shape index (κ2) is 3.66. The standard InChI is InChI=1S/C11H16N4O/c1-11(2)10(16)13-5-6-15(11)8-3-4-9(12)14-7-8/h3-4,7H,5-6H2,1-2H3,(H2,12,14)(H,13,16). The van der Waals surface area contributed by atoms with Crippen LogP contribution < -0.4 is 16.0 Å². The summed E-state index contributed by atoms with van der Waals surface area (Å²) in [6, 6.07) is 3.64. The van der Waals surface area contributed by atoms with Crippen molar-refractivity contribution >= 4 is 17.4 Å². The minimum Gasteiger partial charge on any atom is -0.384 e. The number of carbonyl (C=O) groups is 1. The molecular weight excluding hydrogens is 204 g/mol. The number of aromatic nitrogens is 1. The average Bonchev–Trinajstić information content (AvgIpc) is 2.24. The number of pyridine rings is 1. The zero-order chi connectivity index (χ0) is 11.8. The molecule has 1 fully saturated rings. The number of hydrogen-bond donors (Lipinski definition) is 2. The van der Waals surface area contributed by atoms with E-state index in [2.05, 4.69) is 10.3 Å². The molecule has 1 aromatic rings. The van der Waals surface area contributed by atoms with Crippen LogP contribution in [0, 0.1) is 0 Å². The molecule has 5 nitrogen and oxygen atoms in total. The lowest BCUT2D eigenvalue weighted by Gasteiger charge is -2.42. The summed E-state index contributed by atoms with van der Waals surface area (Å²) < 4.78 is 0. The number of nitrogens with one attached hydrogen (secondary N) is 1. The van der Waals surface area contributed by atoms with Crippen molar-refractivity contribution in [3.05, 3.63) is 18.3 Å². The van der Waals surface area contributed by atoms with Crippen molar-refractivity contribution in [2.24, 2.45) is 0 Å². The third-order valence-corrected chi connectivity index (χ3v) is 2.93. The van der Waals surface area contributed by atoms with Gasteiger partial charge in [-0.1, -0.05) is 0 Å². The summed E-state index contributed by atoms with van der Waals surface area (Å²) in [7, 11) is 0. The smallest absolute Gasteiger partial charge is 0.245 e. The van der Waals surface area contributed by atoms with E-state index < -0.39 is 5.54 Å². The highest BCUT2D eigenvalue weighted by Crippen LogP contribution is 2.25. The van der Waals surface area contributed by atoms with Crippen LogP contribution in [-0.4, -0.2) is 29.5 Å². The predicted octanol–water partition coefficient (Wildman–Crippen LogP) is 0.379. The SMILES string of the molecule is CC1(C)C(=O)NCCN1c1ccc(N)nc1. The monoisotopic (exact) mass is 220 g/mol. The minimum absolute atomic E-state index is 0.0376. The molecule has 1 aromatic heterocycles. The minimum atomic E-state index is -0.546. The Morgan fingerprint density at radius 2 is 2.25 bits per heavy atom. The van der Waals surface area contributed by atoms with Crippen LogP contribution in [0.3, 0.4) is 0 Å². The van der Waals surface area contributed by atoms with Crippen LogP contribution in [0.1, 0.15) is 13.8 Å². The van der Waals surface area contributed by atoms with Gasteiger partial charge in [0.1, 0.15) is 11.4 Å². The molecule has 0 aromatic carbocycles. The molecule has 0 aliphatic carbocycles. The highest BCUT2D eigenvalue weighted by Gasteiger charge is 2.37. The molecule has 1 aliphatic heterocycles.